The van der Waals surface area contributed by atoms with E-state index in [2.05, 4.69) is 29.2 Å². The first-order valence-electron chi connectivity index (χ1n) is 8.48. The lowest BCUT2D eigenvalue weighted by atomic mass is 10.0. The molecule has 0 atom stereocenters. The Morgan fingerprint density at radius 1 is 1.23 bits per heavy atom. The summed E-state index contributed by atoms with van der Waals surface area (Å²) in [6, 6.07) is 12.5. The van der Waals surface area contributed by atoms with Gasteiger partial charge in [-0.25, -0.2) is 0 Å². The number of piperidine rings is 1. The van der Waals surface area contributed by atoms with Crippen LogP contribution in [0.15, 0.2) is 47.1 Å². The van der Waals surface area contributed by atoms with Crippen LogP contribution in [0.3, 0.4) is 0 Å². The molecular weight excluding hydrogens is 373 g/mol. The third kappa shape index (κ3) is 5.48. The van der Waals surface area contributed by atoms with Crippen LogP contribution in [0.4, 0.5) is 0 Å². The molecule has 0 unspecified atom stereocenters. The van der Waals surface area contributed by atoms with Gasteiger partial charge in [0.15, 0.2) is 0 Å². The Kier molecular flexibility index (Phi) is 9.16. The molecule has 0 radical (unpaired) electrons. The van der Waals surface area contributed by atoms with Crippen LogP contribution in [-0.2, 0) is 13.1 Å². The van der Waals surface area contributed by atoms with Crippen LogP contribution in [0.1, 0.15) is 34.5 Å². The summed E-state index contributed by atoms with van der Waals surface area (Å²) in [7, 11) is 1.88. The summed E-state index contributed by atoms with van der Waals surface area (Å²) in [6.45, 7) is 3.31. The van der Waals surface area contributed by atoms with Crippen molar-refractivity contribution in [3.05, 3.63) is 59.5 Å². The van der Waals surface area contributed by atoms with Gasteiger partial charge < -0.3 is 15.1 Å². The molecule has 1 aliphatic heterocycles. The van der Waals surface area contributed by atoms with Gasteiger partial charge in [0.05, 0.1) is 12.1 Å². The number of carbonyl (C=O) groups excluding carboxylic acids is 1. The smallest absolute Gasteiger partial charge is 0.257 e. The molecule has 1 fully saturated rings. The number of benzene rings is 1. The molecule has 0 saturated carbocycles. The zero-order valence-corrected chi connectivity index (χ0v) is 16.6. The molecule has 2 heterocycles. The first-order valence-corrected chi connectivity index (χ1v) is 8.48. The van der Waals surface area contributed by atoms with E-state index in [1.807, 2.05) is 18.0 Å². The lowest BCUT2D eigenvalue weighted by molar-refractivity contribution is 0.0635. The number of likely N-dealkylation sites (tertiary alicyclic amines) is 1. The van der Waals surface area contributed by atoms with Crippen LogP contribution in [-0.4, -0.2) is 41.9 Å². The molecule has 1 saturated heterocycles. The van der Waals surface area contributed by atoms with Crippen molar-refractivity contribution in [3.63, 3.8) is 0 Å². The molecule has 0 spiro atoms. The van der Waals surface area contributed by atoms with Crippen LogP contribution in [0.2, 0.25) is 0 Å². The fourth-order valence-electron chi connectivity index (χ4n) is 3.28. The van der Waals surface area contributed by atoms with Gasteiger partial charge in [-0.05, 0) is 24.5 Å². The normalized spacial score (nSPS) is 15.0. The molecule has 0 aliphatic carbocycles. The summed E-state index contributed by atoms with van der Waals surface area (Å²) in [5.41, 5.74) is 7.47. The minimum atomic E-state index is 0. The first-order chi connectivity index (χ1) is 11.7. The Balaban J connectivity index is 0.00000169. The van der Waals surface area contributed by atoms with Crippen LogP contribution in [0.25, 0.3) is 0 Å². The van der Waals surface area contributed by atoms with Crippen molar-refractivity contribution < 1.29 is 9.21 Å². The molecule has 1 aliphatic rings. The second-order valence-electron chi connectivity index (χ2n) is 6.41. The summed E-state index contributed by atoms with van der Waals surface area (Å²) in [4.78, 5) is 16.9. The topological polar surface area (TPSA) is 62.7 Å². The van der Waals surface area contributed by atoms with Crippen LogP contribution in [0, 0.1) is 0 Å². The van der Waals surface area contributed by atoms with Gasteiger partial charge in [-0.1, -0.05) is 30.3 Å². The highest BCUT2D eigenvalue weighted by Gasteiger charge is 2.26. The second kappa shape index (κ2) is 10.6. The van der Waals surface area contributed by atoms with Gasteiger partial charge in [-0.2, -0.15) is 0 Å². The Hall–Kier alpha value is -1.53. The molecule has 3 rings (SSSR count). The lowest BCUT2D eigenvalue weighted by Gasteiger charge is -2.36. The van der Waals surface area contributed by atoms with E-state index >= 15 is 0 Å². The predicted octanol–water partition coefficient (Wildman–Crippen LogP) is 3.32. The van der Waals surface area contributed by atoms with Crippen molar-refractivity contribution in [1.29, 1.82) is 0 Å². The van der Waals surface area contributed by atoms with Crippen LogP contribution < -0.4 is 5.73 Å². The first kappa shape index (κ1) is 22.5. The van der Waals surface area contributed by atoms with E-state index in [0.29, 0.717) is 17.9 Å². The zero-order chi connectivity index (χ0) is 16.9. The summed E-state index contributed by atoms with van der Waals surface area (Å²) in [5.74, 6) is 0.657. The molecule has 1 amide bonds. The maximum atomic E-state index is 12.6. The number of hydrogen-bond donors (Lipinski definition) is 1. The molecule has 144 valence electrons. The van der Waals surface area contributed by atoms with Gasteiger partial charge in [0, 0.05) is 32.7 Å². The average molecular weight is 400 g/mol. The largest absolute Gasteiger partial charge is 0.467 e. The van der Waals surface area contributed by atoms with Crippen LogP contribution >= 0.6 is 24.8 Å². The Bertz CT molecular complexity index is 670. The maximum absolute atomic E-state index is 12.6. The monoisotopic (exact) mass is 399 g/mol. The van der Waals surface area contributed by atoms with Gasteiger partial charge >= 0.3 is 0 Å². The number of nitrogens with two attached hydrogens (primary N) is 1. The minimum Gasteiger partial charge on any atom is -0.467 e. The molecule has 1 aromatic carbocycles. The minimum absolute atomic E-state index is 0. The summed E-state index contributed by atoms with van der Waals surface area (Å²) >= 11 is 0. The summed E-state index contributed by atoms with van der Waals surface area (Å²) in [6.07, 6.45) is 3.50. The number of nitrogens with zero attached hydrogens (tertiary/aromatic N) is 2. The fourth-order valence-corrected chi connectivity index (χ4v) is 3.28. The molecular formula is C19H27Cl2N3O2. The fraction of sp³-hybridized carbons (Fsp3) is 0.421. The van der Waals surface area contributed by atoms with Gasteiger partial charge in [-0.15, -0.1) is 24.8 Å². The van der Waals surface area contributed by atoms with Crippen molar-refractivity contribution in [2.24, 2.45) is 5.73 Å². The number of carbonyl (C=O) groups is 1. The molecule has 26 heavy (non-hydrogen) atoms. The lowest BCUT2D eigenvalue weighted by Crippen LogP contribution is -2.45. The summed E-state index contributed by atoms with van der Waals surface area (Å²) in [5, 5.41) is 0. The number of hydrogen-bond acceptors (Lipinski definition) is 4. The van der Waals surface area contributed by atoms with Crippen molar-refractivity contribution in [2.75, 3.05) is 20.1 Å². The van der Waals surface area contributed by atoms with E-state index in [4.69, 9.17) is 10.2 Å². The van der Waals surface area contributed by atoms with Gasteiger partial charge in [-0.3, -0.25) is 9.69 Å². The van der Waals surface area contributed by atoms with Crippen molar-refractivity contribution in [3.8, 4) is 0 Å². The van der Waals surface area contributed by atoms with E-state index in [0.717, 1.165) is 32.5 Å². The van der Waals surface area contributed by atoms with E-state index < -0.39 is 0 Å². The molecule has 2 aromatic rings. The number of amides is 1. The predicted molar refractivity (Wildman–Crippen MR) is 108 cm³/mol. The van der Waals surface area contributed by atoms with Crippen molar-refractivity contribution in [2.45, 2.75) is 32.0 Å². The SMILES string of the molecule is CN(C(=O)c1coc(CN)c1)C1CCN(Cc2ccccc2)CC1.Cl.Cl. The van der Waals surface area contributed by atoms with E-state index in [9.17, 15) is 4.79 Å². The third-order valence-corrected chi connectivity index (χ3v) is 4.78. The molecule has 5 nitrogen and oxygen atoms in total. The van der Waals surface area contributed by atoms with Crippen molar-refractivity contribution >= 4 is 30.7 Å². The Morgan fingerprint density at radius 2 is 1.88 bits per heavy atom. The van der Waals surface area contributed by atoms with Crippen molar-refractivity contribution in [1.82, 2.24) is 9.80 Å². The van der Waals surface area contributed by atoms with E-state index in [1.54, 1.807) is 6.07 Å². The number of halogens is 2. The average Bonchev–Trinajstić information content (AvgIpc) is 3.11. The zero-order valence-electron chi connectivity index (χ0n) is 15.0. The Morgan fingerprint density at radius 3 is 2.46 bits per heavy atom. The molecule has 7 heteroatoms. The van der Waals surface area contributed by atoms with E-state index in [1.165, 1.54) is 11.8 Å². The maximum Gasteiger partial charge on any atom is 0.257 e. The quantitative estimate of drug-likeness (QED) is 0.837. The second-order valence-corrected chi connectivity index (χ2v) is 6.41. The molecule has 1 aromatic heterocycles. The van der Waals surface area contributed by atoms with Gasteiger partial charge in [0.25, 0.3) is 5.91 Å². The Labute approximate surface area is 167 Å². The summed E-state index contributed by atoms with van der Waals surface area (Å²) < 4.78 is 5.28. The number of furan rings is 1. The highest BCUT2D eigenvalue weighted by atomic mass is 35.5. The highest BCUT2D eigenvalue weighted by Crippen LogP contribution is 2.20. The van der Waals surface area contributed by atoms with Gasteiger partial charge in [0.2, 0.25) is 0 Å². The van der Waals surface area contributed by atoms with Crippen LogP contribution in [0.5, 0.6) is 0 Å². The third-order valence-electron chi connectivity index (χ3n) is 4.78. The molecule has 2 N–H and O–H groups in total. The highest BCUT2D eigenvalue weighted by molar-refractivity contribution is 5.94. The van der Waals surface area contributed by atoms with Gasteiger partial charge in [0.1, 0.15) is 12.0 Å². The molecule has 0 bridgehead atoms. The number of rotatable bonds is 5. The standard InChI is InChI=1S/C19H25N3O2.2ClH/c1-21(19(23)16-11-18(12-20)24-14-16)17-7-9-22(10-8-17)13-15-5-3-2-4-6-15;;/h2-6,11,14,17H,7-10,12-13,20H2,1H3;2*1H. The van der Waals surface area contributed by atoms with E-state index in [-0.39, 0.29) is 36.8 Å².